The van der Waals surface area contributed by atoms with E-state index in [1.165, 1.54) is 6.42 Å². The maximum Gasteiger partial charge on any atom is 0.163 e. The molecule has 1 aliphatic carbocycles. The first-order valence-electron chi connectivity index (χ1n) is 7.73. The lowest BCUT2D eigenvalue weighted by Crippen LogP contribution is -2.55. The molecule has 1 aliphatic heterocycles. The van der Waals surface area contributed by atoms with E-state index in [0.29, 0.717) is 12.2 Å². The van der Waals surface area contributed by atoms with Crippen LogP contribution in [0.2, 0.25) is 0 Å². The van der Waals surface area contributed by atoms with Crippen LogP contribution < -0.4 is 5.73 Å². The van der Waals surface area contributed by atoms with Gasteiger partial charge in [0, 0.05) is 24.7 Å². The summed E-state index contributed by atoms with van der Waals surface area (Å²) in [5.41, 5.74) is 6.27. The van der Waals surface area contributed by atoms with Crippen molar-refractivity contribution in [3.63, 3.8) is 0 Å². The summed E-state index contributed by atoms with van der Waals surface area (Å²) >= 11 is 0. The number of nitrogens with zero attached hydrogens (tertiary/aromatic N) is 1. The van der Waals surface area contributed by atoms with Gasteiger partial charge in [0.25, 0.3) is 0 Å². The molecule has 21 heavy (non-hydrogen) atoms. The molecule has 0 amide bonds. The fraction of sp³-hybridized carbons (Fsp3) is 0.625. The quantitative estimate of drug-likeness (QED) is 0.932. The summed E-state index contributed by atoms with van der Waals surface area (Å²) in [7, 11) is 0. The highest BCUT2D eigenvalue weighted by atomic mass is 19.2. The zero-order valence-electron chi connectivity index (χ0n) is 12.1. The van der Waals surface area contributed by atoms with Crippen molar-refractivity contribution in [1.29, 1.82) is 0 Å². The van der Waals surface area contributed by atoms with Crippen LogP contribution in [-0.4, -0.2) is 36.7 Å². The van der Waals surface area contributed by atoms with Gasteiger partial charge in [-0.1, -0.05) is 25.0 Å². The number of hydrogen-bond donors (Lipinski definition) is 1. The fourth-order valence-corrected chi connectivity index (χ4v) is 3.73. The molecule has 116 valence electrons. The van der Waals surface area contributed by atoms with E-state index in [-0.39, 0.29) is 24.7 Å². The number of fused-ring (bicyclic) bond motifs is 1. The number of morpholine rings is 1. The molecular weight excluding hydrogens is 274 g/mol. The lowest BCUT2D eigenvalue weighted by molar-refractivity contribution is -0.102. The maximum atomic E-state index is 14.1. The first-order chi connectivity index (χ1) is 10.2. The predicted molar refractivity (Wildman–Crippen MR) is 76.9 cm³/mol. The normalized spacial score (nSPS) is 28.1. The van der Waals surface area contributed by atoms with Gasteiger partial charge < -0.3 is 10.5 Å². The highest BCUT2D eigenvalue weighted by Gasteiger charge is 2.38. The van der Waals surface area contributed by atoms with Gasteiger partial charge in [0.2, 0.25) is 0 Å². The third-order valence-electron chi connectivity index (χ3n) is 4.74. The number of halogens is 2. The summed E-state index contributed by atoms with van der Waals surface area (Å²) < 4.78 is 33.5. The van der Waals surface area contributed by atoms with Gasteiger partial charge in [0.05, 0.1) is 18.8 Å². The van der Waals surface area contributed by atoms with Crippen LogP contribution in [0.3, 0.4) is 0 Å². The van der Waals surface area contributed by atoms with Gasteiger partial charge in [-0.3, -0.25) is 4.90 Å². The monoisotopic (exact) mass is 296 g/mol. The lowest BCUT2D eigenvalue weighted by atomic mass is 9.88. The molecule has 2 fully saturated rings. The average molecular weight is 296 g/mol. The van der Waals surface area contributed by atoms with Crippen LogP contribution in [0.5, 0.6) is 0 Å². The SMILES string of the molecule is NCC(c1cccc(F)c1F)N1CCOC2CCCCC21. The minimum Gasteiger partial charge on any atom is -0.375 e. The summed E-state index contributed by atoms with van der Waals surface area (Å²) in [5.74, 6) is -1.58. The molecule has 2 N–H and O–H groups in total. The second kappa shape index (κ2) is 6.38. The van der Waals surface area contributed by atoms with Crippen molar-refractivity contribution >= 4 is 0 Å². The molecule has 1 aromatic rings. The largest absolute Gasteiger partial charge is 0.375 e. The molecular formula is C16H22F2N2O. The van der Waals surface area contributed by atoms with Crippen LogP contribution in [0.15, 0.2) is 18.2 Å². The number of ether oxygens (including phenoxy) is 1. The third-order valence-corrected chi connectivity index (χ3v) is 4.74. The van der Waals surface area contributed by atoms with Crippen LogP contribution in [0.25, 0.3) is 0 Å². The van der Waals surface area contributed by atoms with Gasteiger partial charge in [-0.2, -0.15) is 0 Å². The van der Waals surface area contributed by atoms with Crippen LogP contribution in [0, 0.1) is 11.6 Å². The Balaban J connectivity index is 1.89. The van der Waals surface area contributed by atoms with Gasteiger partial charge in [-0.25, -0.2) is 8.78 Å². The van der Waals surface area contributed by atoms with E-state index in [0.717, 1.165) is 31.9 Å². The van der Waals surface area contributed by atoms with Crippen molar-refractivity contribution in [2.75, 3.05) is 19.7 Å². The highest BCUT2D eigenvalue weighted by molar-refractivity contribution is 5.23. The van der Waals surface area contributed by atoms with Crippen molar-refractivity contribution in [2.45, 2.75) is 43.9 Å². The van der Waals surface area contributed by atoms with Gasteiger partial charge in [-0.15, -0.1) is 0 Å². The Morgan fingerprint density at radius 3 is 2.90 bits per heavy atom. The van der Waals surface area contributed by atoms with Crippen LogP contribution >= 0.6 is 0 Å². The molecule has 1 saturated heterocycles. The zero-order chi connectivity index (χ0) is 14.8. The standard InChI is InChI=1S/C16H22F2N2O/c17-12-5-3-4-11(16(12)18)14(10-19)20-8-9-21-15-7-2-1-6-13(15)20/h3-5,13-15H,1-2,6-10,19H2. The second-order valence-electron chi connectivity index (χ2n) is 5.89. The predicted octanol–water partition coefficient (Wildman–Crippen LogP) is 2.61. The van der Waals surface area contributed by atoms with E-state index in [1.807, 2.05) is 0 Å². The highest BCUT2D eigenvalue weighted by Crippen LogP contribution is 2.34. The lowest BCUT2D eigenvalue weighted by Gasteiger charge is -2.47. The van der Waals surface area contributed by atoms with E-state index in [9.17, 15) is 8.78 Å². The Labute approximate surface area is 124 Å². The average Bonchev–Trinajstić information content (AvgIpc) is 2.52. The summed E-state index contributed by atoms with van der Waals surface area (Å²) in [4.78, 5) is 2.23. The van der Waals surface area contributed by atoms with Gasteiger partial charge in [0.1, 0.15) is 0 Å². The van der Waals surface area contributed by atoms with Gasteiger partial charge in [-0.05, 0) is 18.9 Å². The van der Waals surface area contributed by atoms with Crippen LogP contribution in [0.4, 0.5) is 8.78 Å². The van der Waals surface area contributed by atoms with Crippen molar-refractivity contribution < 1.29 is 13.5 Å². The molecule has 0 spiro atoms. The molecule has 0 bridgehead atoms. The van der Waals surface area contributed by atoms with E-state index in [4.69, 9.17) is 10.5 Å². The zero-order valence-corrected chi connectivity index (χ0v) is 12.1. The smallest absolute Gasteiger partial charge is 0.163 e. The Bertz CT molecular complexity index is 495. The Kier molecular flexibility index (Phi) is 4.52. The number of benzene rings is 1. The molecule has 1 aromatic carbocycles. The summed E-state index contributed by atoms with van der Waals surface area (Å²) in [6.45, 7) is 1.64. The first kappa shape index (κ1) is 14.9. The van der Waals surface area contributed by atoms with Crippen LogP contribution in [0.1, 0.15) is 37.3 Å². The summed E-state index contributed by atoms with van der Waals surface area (Å²) in [6, 6.07) is 4.33. The Morgan fingerprint density at radius 1 is 1.29 bits per heavy atom. The fourth-order valence-electron chi connectivity index (χ4n) is 3.73. The molecule has 3 rings (SSSR count). The van der Waals surface area contributed by atoms with Crippen molar-refractivity contribution in [1.82, 2.24) is 4.90 Å². The minimum atomic E-state index is -0.806. The molecule has 1 saturated carbocycles. The topological polar surface area (TPSA) is 38.5 Å². The number of hydrogen-bond acceptors (Lipinski definition) is 3. The van der Waals surface area contributed by atoms with Gasteiger partial charge in [0.15, 0.2) is 11.6 Å². The molecule has 2 aliphatic rings. The van der Waals surface area contributed by atoms with E-state index in [1.54, 1.807) is 12.1 Å². The molecule has 5 heteroatoms. The van der Waals surface area contributed by atoms with Crippen molar-refractivity contribution in [3.8, 4) is 0 Å². The van der Waals surface area contributed by atoms with Gasteiger partial charge >= 0.3 is 0 Å². The van der Waals surface area contributed by atoms with Crippen molar-refractivity contribution in [3.05, 3.63) is 35.4 Å². The first-order valence-corrected chi connectivity index (χ1v) is 7.73. The minimum absolute atomic E-state index is 0.207. The summed E-state index contributed by atoms with van der Waals surface area (Å²) in [6.07, 6.45) is 4.63. The molecule has 3 atom stereocenters. The van der Waals surface area contributed by atoms with E-state index >= 15 is 0 Å². The number of nitrogens with two attached hydrogens (primary N) is 1. The van der Waals surface area contributed by atoms with Crippen LogP contribution in [-0.2, 0) is 4.74 Å². The van der Waals surface area contributed by atoms with E-state index in [2.05, 4.69) is 4.90 Å². The molecule has 0 aromatic heterocycles. The van der Waals surface area contributed by atoms with E-state index < -0.39 is 11.6 Å². The Hall–Kier alpha value is -1.04. The number of rotatable bonds is 3. The second-order valence-corrected chi connectivity index (χ2v) is 5.89. The van der Waals surface area contributed by atoms with Crippen molar-refractivity contribution in [2.24, 2.45) is 5.73 Å². The molecule has 3 nitrogen and oxygen atoms in total. The summed E-state index contributed by atoms with van der Waals surface area (Å²) in [5, 5.41) is 0. The molecule has 1 heterocycles. The molecule has 3 unspecified atom stereocenters. The third kappa shape index (κ3) is 2.82. The Morgan fingerprint density at radius 2 is 2.10 bits per heavy atom. The maximum absolute atomic E-state index is 14.1. The molecule has 0 radical (unpaired) electrons.